The maximum Gasteiger partial charge on any atom is 0.379 e. The van der Waals surface area contributed by atoms with Gasteiger partial charge in [-0.2, -0.15) is 0 Å². The highest BCUT2D eigenvalue weighted by atomic mass is 16.5. The lowest BCUT2D eigenvalue weighted by atomic mass is 10.3. The number of hydrogen-bond donors (Lipinski definition) is 0. The van der Waals surface area contributed by atoms with E-state index in [2.05, 4.69) is 4.74 Å². The fraction of sp³-hybridized carbons (Fsp3) is 0.545. The van der Waals surface area contributed by atoms with Crippen LogP contribution >= 0.6 is 0 Å². The zero-order chi connectivity index (χ0) is 12.7. The number of hydrogen-bond acceptors (Lipinski definition) is 5. The van der Waals surface area contributed by atoms with Crippen molar-refractivity contribution in [1.29, 1.82) is 0 Å². The second kappa shape index (κ2) is 6.76. The fourth-order valence-corrected chi connectivity index (χ4v) is 0.756. The van der Waals surface area contributed by atoms with Gasteiger partial charge in [0.05, 0.1) is 12.2 Å². The van der Waals surface area contributed by atoms with Crippen LogP contribution in [-0.4, -0.2) is 29.9 Å². The van der Waals surface area contributed by atoms with E-state index >= 15 is 0 Å². The smallest absolute Gasteiger partial charge is 0.379 e. The molecule has 0 N–H and O–H groups in total. The van der Waals surface area contributed by atoms with Crippen LogP contribution in [0.1, 0.15) is 27.7 Å². The molecule has 0 saturated heterocycles. The number of esters is 2. The van der Waals surface area contributed by atoms with Crippen LogP contribution in [0, 0.1) is 0 Å². The number of ketones is 1. The third kappa shape index (κ3) is 6.75. The van der Waals surface area contributed by atoms with Crippen LogP contribution in [0.2, 0.25) is 0 Å². The molecule has 16 heavy (non-hydrogen) atoms. The molecule has 0 fully saturated rings. The Hall–Kier alpha value is -1.65. The molecule has 90 valence electrons. The molecule has 0 aliphatic rings. The molecular formula is C11H16O5. The number of carbonyl (C=O) groups is 3. The van der Waals surface area contributed by atoms with Gasteiger partial charge in [-0.05, 0) is 27.7 Å². The predicted octanol–water partition coefficient (Wildman–Crippen LogP) is 1.01. The van der Waals surface area contributed by atoms with Crippen molar-refractivity contribution in [2.24, 2.45) is 0 Å². The summed E-state index contributed by atoms with van der Waals surface area (Å²) in [6.07, 6.45) is 1.11. The Morgan fingerprint density at radius 3 is 1.81 bits per heavy atom. The van der Waals surface area contributed by atoms with Crippen molar-refractivity contribution < 1.29 is 23.9 Å². The number of rotatable bonds is 5. The zero-order valence-electron chi connectivity index (χ0n) is 9.85. The molecule has 0 spiro atoms. The summed E-state index contributed by atoms with van der Waals surface area (Å²) in [5, 5.41) is 0. The summed E-state index contributed by atoms with van der Waals surface area (Å²) in [5.74, 6) is -2.53. The lowest BCUT2D eigenvalue weighted by molar-refractivity contribution is -0.154. The van der Waals surface area contributed by atoms with E-state index in [1.165, 1.54) is 0 Å². The average Bonchev–Trinajstić information content (AvgIpc) is 2.11. The van der Waals surface area contributed by atoms with Gasteiger partial charge in [0.1, 0.15) is 0 Å². The van der Waals surface area contributed by atoms with Crippen molar-refractivity contribution in [2.75, 3.05) is 0 Å². The maximum atomic E-state index is 11.1. The summed E-state index contributed by atoms with van der Waals surface area (Å²) in [4.78, 5) is 33.1. The summed E-state index contributed by atoms with van der Waals surface area (Å²) in [6.45, 7) is 6.62. The van der Waals surface area contributed by atoms with Crippen LogP contribution < -0.4 is 0 Å². The second-order valence-electron chi connectivity index (χ2n) is 3.64. The first-order valence-electron chi connectivity index (χ1n) is 4.96. The molecule has 0 atom stereocenters. The van der Waals surface area contributed by atoms with Gasteiger partial charge in [-0.1, -0.05) is 0 Å². The zero-order valence-corrected chi connectivity index (χ0v) is 9.85. The molecule has 0 aromatic heterocycles. The van der Waals surface area contributed by atoms with E-state index in [1.807, 2.05) is 0 Å². The highest BCUT2D eigenvalue weighted by Gasteiger charge is 2.14. The van der Waals surface area contributed by atoms with E-state index in [-0.39, 0.29) is 12.2 Å². The minimum Gasteiger partial charge on any atom is -0.460 e. The lowest BCUT2D eigenvalue weighted by Gasteiger charge is -2.05. The molecule has 0 aliphatic heterocycles. The average molecular weight is 228 g/mol. The highest BCUT2D eigenvalue weighted by Crippen LogP contribution is 1.94. The minimum absolute atomic E-state index is 0.269. The molecule has 0 aromatic rings. The van der Waals surface area contributed by atoms with Gasteiger partial charge in [-0.3, -0.25) is 4.79 Å². The molecule has 0 aliphatic carbocycles. The van der Waals surface area contributed by atoms with E-state index in [0.717, 1.165) is 12.2 Å². The van der Waals surface area contributed by atoms with E-state index < -0.39 is 17.7 Å². The number of carbonyl (C=O) groups excluding carboxylic acids is 3. The molecule has 0 heterocycles. The van der Waals surface area contributed by atoms with Gasteiger partial charge in [-0.15, -0.1) is 0 Å². The van der Waals surface area contributed by atoms with Crippen LogP contribution in [0.3, 0.4) is 0 Å². The predicted molar refractivity (Wildman–Crippen MR) is 56.6 cm³/mol. The van der Waals surface area contributed by atoms with Gasteiger partial charge in [0, 0.05) is 12.2 Å². The lowest BCUT2D eigenvalue weighted by Crippen LogP contribution is -2.19. The van der Waals surface area contributed by atoms with Crippen molar-refractivity contribution in [1.82, 2.24) is 0 Å². The minimum atomic E-state index is -0.983. The monoisotopic (exact) mass is 228 g/mol. The summed E-state index contributed by atoms with van der Waals surface area (Å²) >= 11 is 0. The van der Waals surface area contributed by atoms with Crippen molar-refractivity contribution in [3.05, 3.63) is 12.2 Å². The molecule has 0 bridgehead atoms. The van der Waals surface area contributed by atoms with Crippen LogP contribution in [0.5, 0.6) is 0 Å². The Morgan fingerprint density at radius 1 is 0.875 bits per heavy atom. The van der Waals surface area contributed by atoms with Gasteiger partial charge < -0.3 is 9.47 Å². The molecular weight excluding hydrogens is 212 g/mol. The standard InChI is InChI=1S/C11H16O5/c1-7(2)15-10(13)6-5-9(12)11(14)16-8(3)4/h5-8H,1-4H3/b6-5+. The van der Waals surface area contributed by atoms with Gasteiger partial charge >= 0.3 is 11.9 Å². The van der Waals surface area contributed by atoms with Crippen LogP contribution in [0.15, 0.2) is 12.2 Å². The molecule has 0 saturated carbocycles. The van der Waals surface area contributed by atoms with E-state index in [4.69, 9.17) is 4.74 Å². The highest BCUT2D eigenvalue weighted by molar-refractivity contribution is 6.38. The van der Waals surface area contributed by atoms with Crippen molar-refractivity contribution in [3.8, 4) is 0 Å². The van der Waals surface area contributed by atoms with Gasteiger partial charge in [0.15, 0.2) is 0 Å². The largest absolute Gasteiger partial charge is 0.460 e. The Bertz CT molecular complexity index is 301. The summed E-state index contributed by atoms with van der Waals surface area (Å²) in [6, 6.07) is 0. The maximum absolute atomic E-state index is 11.1. The Kier molecular flexibility index (Phi) is 6.07. The van der Waals surface area contributed by atoms with Crippen molar-refractivity contribution in [3.63, 3.8) is 0 Å². The molecule has 0 rings (SSSR count). The van der Waals surface area contributed by atoms with Crippen LogP contribution in [0.25, 0.3) is 0 Å². The summed E-state index contributed by atoms with van der Waals surface area (Å²) in [5.41, 5.74) is 0. The first kappa shape index (κ1) is 14.3. The van der Waals surface area contributed by atoms with E-state index in [9.17, 15) is 14.4 Å². The molecule has 0 radical (unpaired) electrons. The fourth-order valence-electron chi connectivity index (χ4n) is 0.756. The third-order valence-electron chi connectivity index (χ3n) is 1.27. The van der Waals surface area contributed by atoms with Gasteiger partial charge in [0.25, 0.3) is 5.78 Å². The van der Waals surface area contributed by atoms with E-state index in [0.29, 0.717) is 0 Å². The van der Waals surface area contributed by atoms with Gasteiger partial charge in [-0.25, -0.2) is 9.59 Å². The first-order valence-corrected chi connectivity index (χ1v) is 4.96. The molecule has 0 amide bonds. The van der Waals surface area contributed by atoms with Crippen molar-refractivity contribution in [2.45, 2.75) is 39.9 Å². The normalized spacial score (nSPS) is 10.9. The number of ether oxygens (including phenoxy) is 2. The van der Waals surface area contributed by atoms with Crippen LogP contribution in [-0.2, 0) is 23.9 Å². The second-order valence-corrected chi connectivity index (χ2v) is 3.64. The Labute approximate surface area is 94.4 Å². The topological polar surface area (TPSA) is 69.7 Å². The Morgan fingerprint density at radius 2 is 1.38 bits per heavy atom. The Balaban J connectivity index is 4.18. The van der Waals surface area contributed by atoms with Gasteiger partial charge in [0.2, 0.25) is 0 Å². The molecule has 0 aromatic carbocycles. The van der Waals surface area contributed by atoms with E-state index in [1.54, 1.807) is 27.7 Å². The van der Waals surface area contributed by atoms with Crippen LogP contribution in [0.4, 0.5) is 0 Å². The summed E-state index contributed by atoms with van der Waals surface area (Å²) < 4.78 is 9.36. The molecule has 0 unspecified atom stereocenters. The quantitative estimate of drug-likeness (QED) is 0.399. The molecule has 5 nitrogen and oxygen atoms in total. The van der Waals surface area contributed by atoms with Crippen molar-refractivity contribution >= 4 is 17.7 Å². The first-order chi connectivity index (χ1) is 7.32. The summed E-state index contributed by atoms with van der Waals surface area (Å²) in [7, 11) is 0. The third-order valence-corrected chi connectivity index (χ3v) is 1.27. The SMILES string of the molecule is CC(C)OC(=O)/C=C/C(=O)C(=O)OC(C)C. The molecule has 5 heteroatoms.